The first kappa shape index (κ1) is 20.2. The van der Waals surface area contributed by atoms with Gasteiger partial charge in [0.05, 0.1) is 12.0 Å². The lowest BCUT2D eigenvalue weighted by Crippen LogP contribution is -2.45. The van der Waals surface area contributed by atoms with Gasteiger partial charge in [-0.05, 0) is 57.3 Å². The number of nitrogens with zero attached hydrogens (tertiary/aromatic N) is 2. The maximum Gasteiger partial charge on any atom is 0.312 e. The number of hydrogen-bond donors (Lipinski definition) is 0. The van der Waals surface area contributed by atoms with E-state index in [0.717, 1.165) is 44.6 Å². The van der Waals surface area contributed by atoms with Gasteiger partial charge in [0.1, 0.15) is 11.9 Å². The lowest BCUT2D eigenvalue weighted by molar-refractivity contribution is -0.152. The van der Waals surface area contributed by atoms with E-state index in [1.807, 2.05) is 35.2 Å². The average Bonchev–Trinajstić information content (AvgIpc) is 3.35. The summed E-state index contributed by atoms with van der Waals surface area (Å²) in [7, 11) is 0. The highest BCUT2D eigenvalue weighted by atomic mass is 16.6. The predicted molar refractivity (Wildman–Crippen MR) is 110 cm³/mol. The molecule has 3 aliphatic rings. The van der Waals surface area contributed by atoms with Crippen molar-refractivity contribution in [1.82, 2.24) is 9.80 Å². The van der Waals surface area contributed by atoms with Crippen LogP contribution in [-0.4, -0.2) is 67.1 Å². The number of rotatable bonds is 7. The number of hydrogen-bond acceptors (Lipinski definition) is 5. The second-order valence-corrected chi connectivity index (χ2v) is 8.67. The van der Waals surface area contributed by atoms with Gasteiger partial charge in [-0.2, -0.15) is 0 Å². The molecule has 1 spiro atoms. The number of carbonyl (C=O) groups excluding carboxylic acids is 2. The van der Waals surface area contributed by atoms with Gasteiger partial charge in [0.15, 0.2) is 0 Å². The van der Waals surface area contributed by atoms with Crippen molar-refractivity contribution in [2.45, 2.75) is 51.0 Å². The SMILES string of the molecule is O=C(CCCOc1ccccc1)N1CCC2(CC1)CC(CN1CCCC1)OC2=O. The van der Waals surface area contributed by atoms with Crippen LogP contribution in [0.3, 0.4) is 0 Å². The van der Waals surface area contributed by atoms with Crippen LogP contribution in [0.2, 0.25) is 0 Å². The summed E-state index contributed by atoms with van der Waals surface area (Å²) in [6, 6.07) is 9.67. The molecule has 1 atom stereocenters. The molecule has 0 N–H and O–H groups in total. The summed E-state index contributed by atoms with van der Waals surface area (Å²) in [4.78, 5) is 29.5. The maximum atomic E-state index is 12.6. The Morgan fingerprint density at radius 2 is 1.83 bits per heavy atom. The van der Waals surface area contributed by atoms with Crippen LogP contribution in [0.15, 0.2) is 30.3 Å². The Balaban J connectivity index is 1.18. The topological polar surface area (TPSA) is 59.1 Å². The first-order chi connectivity index (χ1) is 14.1. The van der Waals surface area contributed by atoms with Crippen molar-refractivity contribution < 1.29 is 19.1 Å². The van der Waals surface area contributed by atoms with E-state index in [-0.39, 0.29) is 23.4 Å². The molecule has 0 radical (unpaired) electrons. The third-order valence-corrected chi connectivity index (χ3v) is 6.61. The van der Waals surface area contributed by atoms with E-state index in [9.17, 15) is 9.59 Å². The Morgan fingerprint density at radius 1 is 1.10 bits per heavy atom. The predicted octanol–water partition coefficient (Wildman–Crippen LogP) is 2.87. The lowest BCUT2D eigenvalue weighted by atomic mass is 9.76. The van der Waals surface area contributed by atoms with Crippen molar-refractivity contribution in [1.29, 1.82) is 0 Å². The summed E-state index contributed by atoms with van der Waals surface area (Å²) < 4.78 is 11.4. The standard InChI is InChI=1S/C23H32N2O4/c26-21(9-6-16-28-19-7-2-1-3-8-19)25-14-10-23(11-15-25)17-20(29-22(23)27)18-24-12-4-5-13-24/h1-3,7-8,20H,4-6,9-18H2. The highest BCUT2D eigenvalue weighted by Gasteiger charge is 2.51. The van der Waals surface area contributed by atoms with E-state index in [2.05, 4.69) is 4.90 Å². The van der Waals surface area contributed by atoms with E-state index < -0.39 is 0 Å². The zero-order valence-corrected chi connectivity index (χ0v) is 17.2. The van der Waals surface area contributed by atoms with Crippen molar-refractivity contribution in [3.05, 3.63) is 30.3 Å². The Morgan fingerprint density at radius 3 is 2.55 bits per heavy atom. The summed E-state index contributed by atoms with van der Waals surface area (Å²) in [5, 5.41) is 0. The molecule has 158 valence electrons. The molecular weight excluding hydrogens is 368 g/mol. The molecule has 1 amide bonds. The van der Waals surface area contributed by atoms with Crippen LogP contribution in [0.25, 0.3) is 0 Å². The summed E-state index contributed by atoms with van der Waals surface area (Å²) in [6.07, 6.45) is 5.99. The Bertz CT molecular complexity index is 694. The Hall–Kier alpha value is -2.08. The molecule has 1 aromatic carbocycles. The zero-order valence-electron chi connectivity index (χ0n) is 17.2. The maximum absolute atomic E-state index is 12.6. The highest BCUT2D eigenvalue weighted by Crippen LogP contribution is 2.43. The average molecular weight is 401 g/mol. The van der Waals surface area contributed by atoms with Gasteiger partial charge >= 0.3 is 5.97 Å². The normalized spacial score (nSPS) is 24.1. The molecule has 3 aliphatic heterocycles. The second-order valence-electron chi connectivity index (χ2n) is 8.67. The lowest BCUT2D eigenvalue weighted by Gasteiger charge is -2.36. The van der Waals surface area contributed by atoms with Gasteiger partial charge in [0, 0.05) is 32.5 Å². The fourth-order valence-electron chi connectivity index (χ4n) is 4.87. The summed E-state index contributed by atoms with van der Waals surface area (Å²) in [5.41, 5.74) is -0.364. The van der Waals surface area contributed by atoms with Crippen molar-refractivity contribution in [3.8, 4) is 5.75 Å². The summed E-state index contributed by atoms with van der Waals surface area (Å²) >= 11 is 0. The molecule has 1 unspecified atom stereocenters. The van der Waals surface area contributed by atoms with Crippen LogP contribution >= 0.6 is 0 Å². The van der Waals surface area contributed by atoms with Gasteiger partial charge in [-0.15, -0.1) is 0 Å². The van der Waals surface area contributed by atoms with E-state index in [0.29, 0.717) is 32.5 Å². The monoisotopic (exact) mass is 400 g/mol. The van der Waals surface area contributed by atoms with E-state index in [1.54, 1.807) is 0 Å². The zero-order chi connectivity index (χ0) is 20.1. The molecule has 0 aromatic heterocycles. The van der Waals surface area contributed by atoms with E-state index >= 15 is 0 Å². The number of ether oxygens (including phenoxy) is 2. The number of amides is 1. The fourth-order valence-corrected chi connectivity index (χ4v) is 4.87. The van der Waals surface area contributed by atoms with Gasteiger partial charge < -0.3 is 14.4 Å². The van der Waals surface area contributed by atoms with Gasteiger partial charge in [-0.1, -0.05) is 18.2 Å². The second kappa shape index (κ2) is 9.16. The summed E-state index contributed by atoms with van der Waals surface area (Å²) in [6.45, 7) is 4.97. The molecule has 3 heterocycles. The highest BCUT2D eigenvalue weighted by molar-refractivity contribution is 5.80. The Kier molecular flexibility index (Phi) is 6.38. The van der Waals surface area contributed by atoms with Gasteiger partial charge in [-0.3, -0.25) is 14.5 Å². The quantitative estimate of drug-likeness (QED) is 0.520. The number of cyclic esters (lactones) is 1. The van der Waals surface area contributed by atoms with Crippen molar-refractivity contribution in [2.75, 3.05) is 39.3 Å². The molecular formula is C23H32N2O4. The molecule has 3 fully saturated rings. The van der Waals surface area contributed by atoms with Crippen molar-refractivity contribution in [3.63, 3.8) is 0 Å². The molecule has 29 heavy (non-hydrogen) atoms. The molecule has 6 nitrogen and oxygen atoms in total. The number of likely N-dealkylation sites (tertiary alicyclic amines) is 2. The minimum atomic E-state index is -0.364. The molecule has 0 aliphatic carbocycles. The first-order valence-corrected chi connectivity index (χ1v) is 11.0. The Labute approximate surface area is 173 Å². The van der Waals surface area contributed by atoms with Crippen molar-refractivity contribution >= 4 is 11.9 Å². The minimum Gasteiger partial charge on any atom is -0.494 e. The number of esters is 1. The van der Waals surface area contributed by atoms with E-state index in [1.165, 1.54) is 12.8 Å². The molecule has 0 bridgehead atoms. The summed E-state index contributed by atoms with van der Waals surface area (Å²) in [5.74, 6) is 0.963. The van der Waals surface area contributed by atoms with Gasteiger partial charge in [0.2, 0.25) is 5.91 Å². The minimum absolute atomic E-state index is 0.0259. The molecule has 0 saturated carbocycles. The van der Waals surface area contributed by atoms with Crippen molar-refractivity contribution in [2.24, 2.45) is 5.41 Å². The molecule has 1 aromatic rings. The number of benzene rings is 1. The van der Waals surface area contributed by atoms with Crippen LogP contribution in [-0.2, 0) is 14.3 Å². The number of carbonyl (C=O) groups is 2. The smallest absolute Gasteiger partial charge is 0.312 e. The van der Waals surface area contributed by atoms with Crippen LogP contribution in [0.5, 0.6) is 5.75 Å². The fraction of sp³-hybridized carbons (Fsp3) is 0.652. The largest absolute Gasteiger partial charge is 0.494 e. The molecule has 3 saturated heterocycles. The number of piperidine rings is 1. The van der Waals surface area contributed by atoms with Crippen LogP contribution in [0.4, 0.5) is 0 Å². The third kappa shape index (κ3) is 4.92. The van der Waals surface area contributed by atoms with Crippen LogP contribution in [0.1, 0.15) is 44.9 Å². The van der Waals surface area contributed by atoms with Crippen LogP contribution in [0, 0.1) is 5.41 Å². The van der Waals surface area contributed by atoms with Gasteiger partial charge in [0.25, 0.3) is 0 Å². The first-order valence-electron chi connectivity index (χ1n) is 11.0. The van der Waals surface area contributed by atoms with E-state index in [4.69, 9.17) is 9.47 Å². The van der Waals surface area contributed by atoms with Gasteiger partial charge in [-0.25, -0.2) is 0 Å². The number of para-hydroxylation sites is 1. The molecule has 4 rings (SSSR count). The molecule has 6 heteroatoms. The third-order valence-electron chi connectivity index (χ3n) is 6.61. The van der Waals surface area contributed by atoms with Crippen LogP contribution < -0.4 is 4.74 Å².